The van der Waals surface area contributed by atoms with E-state index in [1.165, 1.54) is 12.3 Å². The monoisotopic (exact) mass is 270 g/mol. The molecule has 6 heteroatoms. The maximum atomic E-state index is 11.9. The van der Waals surface area contributed by atoms with E-state index in [9.17, 15) is 13.5 Å². The molecule has 1 aromatic heterocycles. The summed E-state index contributed by atoms with van der Waals surface area (Å²) in [5, 5.41) is 9.39. The average molecular weight is 270 g/mol. The molecule has 5 nitrogen and oxygen atoms in total. The molecular formula is C12H18N2O3S. The highest BCUT2D eigenvalue weighted by Crippen LogP contribution is 2.23. The fourth-order valence-corrected chi connectivity index (χ4v) is 3.25. The zero-order chi connectivity index (χ0) is 13.0. The van der Waals surface area contributed by atoms with E-state index in [2.05, 4.69) is 9.71 Å². The third-order valence-electron chi connectivity index (χ3n) is 3.32. The summed E-state index contributed by atoms with van der Waals surface area (Å²) in [5.74, 6) is 0.319. The lowest BCUT2D eigenvalue weighted by Gasteiger charge is -2.25. The van der Waals surface area contributed by atoms with Gasteiger partial charge in [-0.3, -0.25) is 4.98 Å². The predicted molar refractivity (Wildman–Crippen MR) is 67.4 cm³/mol. The first-order valence-corrected chi connectivity index (χ1v) is 7.64. The maximum absolute atomic E-state index is 11.9. The van der Waals surface area contributed by atoms with Crippen molar-refractivity contribution in [2.24, 2.45) is 5.92 Å². The zero-order valence-electron chi connectivity index (χ0n) is 10.1. The molecule has 0 atom stereocenters. The van der Waals surface area contributed by atoms with Crippen molar-refractivity contribution in [1.29, 1.82) is 0 Å². The van der Waals surface area contributed by atoms with Gasteiger partial charge < -0.3 is 5.11 Å². The topological polar surface area (TPSA) is 79.3 Å². The highest BCUT2D eigenvalue weighted by atomic mass is 32.2. The van der Waals surface area contributed by atoms with E-state index in [-0.39, 0.29) is 11.0 Å². The molecule has 1 fully saturated rings. The van der Waals surface area contributed by atoms with Crippen LogP contribution in [0.3, 0.4) is 0 Å². The average Bonchev–Trinajstić information content (AvgIpc) is 2.39. The Morgan fingerprint density at radius 2 is 2.06 bits per heavy atom. The first kappa shape index (κ1) is 13.5. The Morgan fingerprint density at radius 1 is 1.33 bits per heavy atom. The fraction of sp³-hybridized carbons (Fsp3) is 0.583. The lowest BCUT2D eigenvalue weighted by molar-refractivity contribution is 0.109. The number of hydrogen-bond acceptors (Lipinski definition) is 4. The van der Waals surface area contributed by atoms with Crippen LogP contribution in [0.25, 0.3) is 0 Å². The van der Waals surface area contributed by atoms with Gasteiger partial charge in [0.2, 0.25) is 10.0 Å². The van der Waals surface area contributed by atoms with Gasteiger partial charge in [0, 0.05) is 18.9 Å². The normalized spacial score (nSPS) is 24.9. The molecule has 0 aromatic carbocycles. The summed E-state index contributed by atoms with van der Waals surface area (Å²) in [6.45, 7) is 0.434. The fourth-order valence-electron chi connectivity index (χ4n) is 2.17. The quantitative estimate of drug-likeness (QED) is 0.852. The van der Waals surface area contributed by atoms with E-state index in [1.54, 1.807) is 12.3 Å². The van der Waals surface area contributed by atoms with Crippen LogP contribution in [0.2, 0.25) is 0 Å². The molecule has 18 heavy (non-hydrogen) atoms. The molecule has 0 radical (unpaired) electrons. The molecule has 0 unspecified atom stereocenters. The van der Waals surface area contributed by atoms with Crippen molar-refractivity contribution >= 4 is 10.0 Å². The molecule has 1 aliphatic rings. The van der Waals surface area contributed by atoms with Crippen LogP contribution >= 0.6 is 0 Å². The number of aliphatic hydroxyl groups excluding tert-OH is 1. The molecular weight excluding hydrogens is 252 g/mol. The number of hydrogen-bond donors (Lipinski definition) is 2. The van der Waals surface area contributed by atoms with Gasteiger partial charge in [-0.1, -0.05) is 0 Å². The Labute approximate surface area is 107 Å². The van der Waals surface area contributed by atoms with Crippen molar-refractivity contribution in [3.63, 3.8) is 0 Å². The molecule has 1 saturated carbocycles. The van der Waals surface area contributed by atoms with Crippen LogP contribution < -0.4 is 4.72 Å². The summed E-state index contributed by atoms with van der Waals surface area (Å²) in [6.07, 6.45) is 5.94. The molecule has 0 aliphatic heterocycles. The van der Waals surface area contributed by atoms with Gasteiger partial charge in [0.1, 0.15) is 4.90 Å². The van der Waals surface area contributed by atoms with Gasteiger partial charge in [-0.2, -0.15) is 0 Å². The summed E-state index contributed by atoms with van der Waals surface area (Å²) in [4.78, 5) is 4.00. The largest absolute Gasteiger partial charge is 0.393 e. The summed E-state index contributed by atoms with van der Waals surface area (Å²) >= 11 is 0. The van der Waals surface area contributed by atoms with Gasteiger partial charge >= 0.3 is 0 Å². The third kappa shape index (κ3) is 3.51. The highest BCUT2D eigenvalue weighted by Gasteiger charge is 2.21. The van der Waals surface area contributed by atoms with E-state index in [0.29, 0.717) is 12.5 Å². The number of nitrogens with zero attached hydrogens (tertiary/aromatic N) is 1. The maximum Gasteiger partial charge on any atom is 0.242 e. The zero-order valence-corrected chi connectivity index (χ0v) is 10.9. The van der Waals surface area contributed by atoms with E-state index < -0.39 is 10.0 Å². The number of nitrogens with one attached hydrogen (secondary N) is 1. The Hall–Kier alpha value is -0.980. The minimum absolute atomic E-state index is 0.195. The highest BCUT2D eigenvalue weighted by molar-refractivity contribution is 7.89. The van der Waals surface area contributed by atoms with Gasteiger partial charge in [0.15, 0.2) is 0 Å². The van der Waals surface area contributed by atoms with Crippen LogP contribution in [-0.2, 0) is 10.0 Å². The number of pyridine rings is 1. The summed E-state index contributed by atoms with van der Waals surface area (Å²) < 4.78 is 26.5. The van der Waals surface area contributed by atoms with Gasteiger partial charge in [-0.05, 0) is 43.7 Å². The van der Waals surface area contributed by atoms with Crippen LogP contribution in [-0.4, -0.2) is 31.2 Å². The van der Waals surface area contributed by atoms with Crippen LogP contribution in [0.4, 0.5) is 0 Å². The molecule has 1 aliphatic carbocycles. The second kappa shape index (κ2) is 5.77. The number of rotatable bonds is 4. The first-order chi connectivity index (χ1) is 8.58. The second-order valence-electron chi connectivity index (χ2n) is 4.72. The van der Waals surface area contributed by atoms with Crippen molar-refractivity contribution in [2.45, 2.75) is 36.7 Å². The lowest BCUT2D eigenvalue weighted by Crippen LogP contribution is -2.32. The van der Waals surface area contributed by atoms with Crippen LogP contribution in [0, 0.1) is 5.92 Å². The number of aliphatic hydroxyl groups is 1. The van der Waals surface area contributed by atoms with Gasteiger partial charge in [0.25, 0.3) is 0 Å². The molecule has 1 aromatic rings. The van der Waals surface area contributed by atoms with E-state index in [1.807, 2.05) is 0 Å². The third-order valence-corrected chi connectivity index (χ3v) is 4.73. The van der Waals surface area contributed by atoms with E-state index in [0.717, 1.165) is 25.7 Å². The standard InChI is InChI=1S/C12H18N2O3S/c15-11-5-3-10(4-6-11)8-14-18(16,17)12-2-1-7-13-9-12/h1-2,7,9-11,14-15H,3-6,8H2. The molecule has 0 saturated heterocycles. The minimum Gasteiger partial charge on any atom is -0.393 e. The Balaban J connectivity index is 1.90. The minimum atomic E-state index is -3.45. The SMILES string of the molecule is O=S(=O)(NCC1CCC(O)CC1)c1cccnc1. The van der Waals surface area contributed by atoms with Gasteiger partial charge in [0.05, 0.1) is 6.10 Å². The van der Waals surface area contributed by atoms with Crippen LogP contribution in [0.15, 0.2) is 29.4 Å². The molecule has 0 amide bonds. The molecule has 100 valence electrons. The first-order valence-electron chi connectivity index (χ1n) is 6.15. The molecule has 2 rings (SSSR count). The van der Waals surface area contributed by atoms with Crippen molar-refractivity contribution < 1.29 is 13.5 Å². The lowest BCUT2D eigenvalue weighted by atomic mass is 9.88. The number of sulfonamides is 1. The Bertz CT molecular complexity index is 467. The van der Waals surface area contributed by atoms with Gasteiger partial charge in [-0.25, -0.2) is 13.1 Å². The van der Waals surface area contributed by atoms with Crippen LogP contribution in [0.5, 0.6) is 0 Å². The Morgan fingerprint density at radius 3 is 2.67 bits per heavy atom. The second-order valence-corrected chi connectivity index (χ2v) is 6.48. The van der Waals surface area contributed by atoms with Crippen molar-refractivity contribution in [3.05, 3.63) is 24.5 Å². The predicted octanol–water partition coefficient (Wildman–Crippen LogP) is 0.911. The van der Waals surface area contributed by atoms with Crippen molar-refractivity contribution in [2.75, 3.05) is 6.54 Å². The smallest absolute Gasteiger partial charge is 0.242 e. The number of aromatic nitrogens is 1. The Kier molecular flexibility index (Phi) is 4.31. The molecule has 1 heterocycles. The summed E-state index contributed by atoms with van der Waals surface area (Å²) in [6, 6.07) is 3.13. The van der Waals surface area contributed by atoms with Gasteiger partial charge in [-0.15, -0.1) is 0 Å². The molecule has 2 N–H and O–H groups in total. The van der Waals surface area contributed by atoms with Crippen LogP contribution in [0.1, 0.15) is 25.7 Å². The van der Waals surface area contributed by atoms with E-state index >= 15 is 0 Å². The van der Waals surface area contributed by atoms with E-state index in [4.69, 9.17) is 0 Å². The van der Waals surface area contributed by atoms with Crippen molar-refractivity contribution in [1.82, 2.24) is 9.71 Å². The molecule has 0 spiro atoms. The summed E-state index contributed by atoms with van der Waals surface area (Å²) in [5.41, 5.74) is 0. The summed E-state index contributed by atoms with van der Waals surface area (Å²) in [7, 11) is -3.45. The van der Waals surface area contributed by atoms with Crippen molar-refractivity contribution in [3.8, 4) is 0 Å². The molecule has 0 bridgehead atoms.